The van der Waals surface area contributed by atoms with E-state index in [0.29, 0.717) is 34.3 Å². The van der Waals surface area contributed by atoms with Crippen LogP contribution in [-0.4, -0.2) is 23.0 Å². The van der Waals surface area contributed by atoms with Crippen molar-refractivity contribution < 1.29 is 19.1 Å². The Balaban J connectivity index is 1.92. The SMILES string of the molecule is CCC(NC(=O)c1ccc(-c2cc(=O)c3cc(C)cc(C)c3o2)cc1)C(=O)O. The molecule has 0 spiro atoms. The fourth-order valence-corrected chi connectivity index (χ4v) is 3.12. The van der Waals surface area contributed by atoms with E-state index in [2.05, 4.69) is 5.32 Å². The monoisotopic (exact) mass is 379 g/mol. The number of hydrogen-bond acceptors (Lipinski definition) is 4. The zero-order valence-electron chi connectivity index (χ0n) is 15.9. The van der Waals surface area contributed by atoms with Gasteiger partial charge >= 0.3 is 5.97 Å². The van der Waals surface area contributed by atoms with Gasteiger partial charge in [0.15, 0.2) is 5.43 Å². The quantitative estimate of drug-likeness (QED) is 0.705. The van der Waals surface area contributed by atoms with E-state index < -0.39 is 17.9 Å². The molecule has 6 heteroatoms. The molecule has 0 saturated carbocycles. The molecule has 2 N–H and O–H groups in total. The summed E-state index contributed by atoms with van der Waals surface area (Å²) >= 11 is 0. The summed E-state index contributed by atoms with van der Waals surface area (Å²) in [7, 11) is 0. The molecule has 3 rings (SSSR count). The number of carbonyl (C=O) groups excluding carboxylic acids is 1. The summed E-state index contributed by atoms with van der Waals surface area (Å²) in [6.45, 7) is 5.51. The Morgan fingerprint density at radius 1 is 1.11 bits per heavy atom. The lowest BCUT2D eigenvalue weighted by molar-refractivity contribution is -0.139. The van der Waals surface area contributed by atoms with E-state index >= 15 is 0 Å². The third-order valence-electron chi connectivity index (χ3n) is 4.60. The van der Waals surface area contributed by atoms with Crippen LogP contribution in [0.5, 0.6) is 0 Å². The van der Waals surface area contributed by atoms with Gasteiger partial charge in [0, 0.05) is 17.2 Å². The lowest BCUT2D eigenvalue weighted by Gasteiger charge is -2.12. The highest BCUT2D eigenvalue weighted by Crippen LogP contribution is 2.25. The van der Waals surface area contributed by atoms with Crippen LogP contribution < -0.4 is 10.7 Å². The van der Waals surface area contributed by atoms with Gasteiger partial charge < -0.3 is 14.8 Å². The van der Waals surface area contributed by atoms with Gasteiger partial charge in [0.1, 0.15) is 17.4 Å². The molecule has 0 fully saturated rings. The molecule has 0 aliphatic carbocycles. The van der Waals surface area contributed by atoms with Gasteiger partial charge in [-0.2, -0.15) is 0 Å². The molecule has 0 bridgehead atoms. The third kappa shape index (κ3) is 3.81. The summed E-state index contributed by atoms with van der Waals surface area (Å²) in [6, 6.07) is 10.8. The largest absolute Gasteiger partial charge is 0.480 e. The fraction of sp³-hybridized carbons (Fsp3) is 0.227. The normalized spacial score (nSPS) is 12.0. The molecule has 0 saturated heterocycles. The second-order valence-corrected chi connectivity index (χ2v) is 6.78. The van der Waals surface area contributed by atoms with Crippen LogP contribution in [0, 0.1) is 13.8 Å². The number of benzene rings is 2. The maximum atomic E-state index is 12.5. The Hall–Kier alpha value is -3.41. The van der Waals surface area contributed by atoms with Gasteiger partial charge in [0.05, 0.1) is 5.39 Å². The number of amides is 1. The average molecular weight is 379 g/mol. The minimum Gasteiger partial charge on any atom is -0.480 e. The van der Waals surface area contributed by atoms with Crippen molar-refractivity contribution in [2.75, 3.05) is 0 Å². The first-order chi connectivity index (χ1) is 13.3. The predicted octanol–water partition coefficient (Wildman–Crippen LogP) is 3.67. The van der Waals surface area contributed by atoms with E-state index in [1.807, 2.05) is 19.9 Å². The van der Waals surface area contributed by atoms with Crippen molar-refractivity contribution in [1.29, 1.82) is 0 Å². The number of hydrogen-bond donors (Lipinski definition) is 2. The van der Waals surface area contributed by atoms with Gasteiger partial charge in [-0.05, 0) is 49.6 Å². The molecule has 28 heavy (non-hydrogen) atoms. The standard InChI is InChI=1S/C22H21NO5/c1-4-17(22(26)27)23-21(25)15-7-5-14(6-8-15)19-11-18(24)16-10-12(2)9-13(3)20(16)28-19/h5-11,17H,4H2,1-3H3,(H,23,25)(H,26,27). The number of carboxylic acid groups (broad SMARTS) is 1. The van der Waals surface area contributed by atoms with Crippen LogP contribution in [0.25, 0.3) is 22.3 Å². The van der Waals surface area contributed by atoms with Gasteiger partial charge in [-0.3, -0.25) is 9.59 Å². The van der Waals surface area contributed by atoms with Crippen LogP contribution in [-0.2, 0) is 4.79 Å². The minimum absolute atomic E-state index is 0.128. The predicted molar refractivity (Wildman–Crippen MR) is 107 cm³/mol. The summed E-state index contributed by atoms with van der Waals surface area (Å²) in [6.07, 6.45) is 0.292. The number of fused-ring (bicyclic) bond motifs is 1. The fourth-order valence-electron chi connectivity index (χ4n) is 3.12. The van der Waals surface area contributed by atoms with Gasteiger partial charge in [0.25, 0.3) is 5.91 Å². The molecule has 0 aliphatic rings. The lowest BCUT2D eigenvalue weighted by atomic mass is 10.1. The zero-order chi connectivity index (χ0) is 20.4. The van der Waals surface area contributed by atoms with Crippen LogP contribution in [0.15, 0.2) is 51.7 Å². The average Bonchev–Trinajstić information content (AvgIpc) is 2.66. The van der Waals surface area contributed by atoms with Crippen molar-refractivity contribution in [1.82, 2.24) is 5.32 Å². The number of aryl methyl sites for hydroxylation is 2. The molecule has 3 aromatic rings. The number of rotatable bonds is 5. The van der Waals surface area contributed by atoms with Crippen molar-refractivity contribution in [3.8, 4) is 11.3 Å². The van der Waals surface area contributed by atoms with Crippen molar-refractivity contribution in [3.63, 3.8) is 0 Å². The van der Waals surface area contributed by atoms with Crippen molar-refractivity contribution >= 4 is 22.8 Å². The second kappa shape index (κ2) is 7.68. The summed E-state index contributed by atoms with van der Waals surface area (Å²) in [5.74, 6) is -1.13. The van der Waals surface area contributed by atoms with Crippen LogP contribution in [0.4, 0.5) is 0 Å². The van der Waals surface area contributed by atoms with Gasteiger partial charge in [-0.1, -0.05) is 25.1 Å². The summed E-state index contributed by atoms with van der Waals surface area (Å²) in [5.41, 5.74) is 3.27. The Bertz CT molecular complexity index is 1110. The molecular formula is C22H21NO5. The molecule has 0 radical (unpaired) electrons. The lowest BCUT2D eigenvalue weighted by Crippen LogP contribution is -2.40. The summed E-state index contributed by atoms with van der Waals surface area (Å²) < 4.78 is 5.95. The molecule has 0 aliphatic heterocycles. The highest BCUT2D eigenvalue weighted by molar-refractivity contribution is 5.97. The Kier molecular flexibility index (Phi) is 5.31. The van der Waals surface area contributed by atoms with Gasteiger partial charge in [0.2, 0.25) is 0 Å². The highest BCUT2D eigenvalue weighted by Gasteiger charge is 2.18. The molecule has 1 amide bonds. The van der Waals surface area contributed by atoms with E-state index in [4.69, 9.17) is 9.52 Å². The molecule has 1 aromatic heterocycles. The number of aliphatic carboxylic acids is 1. The maximum Gasteiger partial charge on any atom is 0.326 e. The summed E-state index contributed by atoms with van der Waals surface area (Å²) in [4.78, 5) is 35.8. The molecule has 1 atom stereocenters. The maximum absolute atomic E-state index is 12.5. The van der Waals surface area contributed by atoms with E-state index in [1.165, 1.54) is 6.07 Å². The molecule has 6 nitrogen and oxygen atoms in total. The third-order valence-corrected chi connectivity index (χ3v) is 4.60. The number of carbonyl (C=O) groups is 2. The van der Waals surface area contributed by atoms with Crippen LogP contribution in [0.2, 0.25) is 0 Å². The molecular weight excluding hydrogens is 358 g/mol. The first-order valence-electron chi connectivity index (χ1n) is 8.99. The Morgan fingerprint density at radius 3 is 2.39 bits per heavy atom. The van der Waals surface area contributed by atoms with E-state index in [9.17, 15) is 14.4 Å². The first kappa shape index (κ1) is 19.4. The molecule has 1 unspecified atom stereocenters. The smallest absolute Gasteiger partial charge is 0.326 e. The molecule has 2 aromatic carbocycles. The Labute approximate surface area is 161 Å². The van der Waals surface area contributed by atoms with Gasteiger partial charge in [-0.15, -0.1) is 0 Å². The molecule has 1 heterocycles. The highest BCUT2D eigenvalue weighted by atomic mass is 16.4. The number of carboxylic acids is 1. The number of nitrogens with one attached hydrogen (secondary N) is 1. The van der Waals surface area contributed by atoms with Gasteiger partial charge in [-0.25, -0.2) is 4.79 Å². The topological polar surface area (TPSA) is 96.6 Å². The van der Waals surface area contributed by atoms with Crippen molar-refractivity contribution in [3.05, 3.63) is 69.4 Å². The zero-order valence-corrected chi connectivity index (χ0v) is 15.9. The van der Waals surface area contributed by atoms with Crippen LogP contribution in [0.3, 0.4) is 0 Å². The van der Waals surface area contributed by atoms with E-state index in [-0.39, 0.29) is 5.43 Å². The van der Waals surface area contributed by atoms with Crippen LogP contribution in [0.1, 0.15) is 34.8 Å². The van der Waals surface area contributed by atoms with Crippen molar-refractivity contribution in [2.24, 2.45) is 0 Å². The first-order valence-corrected chi connectivity index (χ1v) is 8.99. The minimum atomic E-state index is -1.07. The van der Waals surface area contributed by atoms with E-state index in [1.54, 1.807) is 37.3 Å². The van der Waals surface area contributed by atoms with E-state index in [0.717, 1.165) is 11.1 Å². The second-order valence-electron chi connectivity index (χ2n) is 6.78. The van der Waals surface area contributed by atoms with Crippen molar-refractivity contribution in [2.45, 2.75) is 33.2 Å². The van der Waals surface area contributed by atoms with Crippen LogP contribution >= 0.6 is 0 Å². The summed E-state index contributed by atoms with van der Waals surface area (Å²) in [5, 5.41) is 12.1. The Morgan fingerprint density at radius 2 is 1.79 bits per heavy atom. The molecule has 144 valence electrons.